The summed E-state index contributed by atoms with van der Waals surface area (Å²) in [5.41, 5.74) is 0. The van der Waals surface area contributed by atoms with Crippen molar-refractivity contribution in [1.29, 1.82) is 0 Å². The van der Waals surface area contributed by atoms with Gasteiger partial charge in [0.05, 0.1) is 6.54 Å². The number of nitrogens with zero attached hydrogens (tertiary/aromatic N) is 4. The first-order chi connectivity index (χ1) is 4.43. The maximum absolute atomic E-state index is 9.80. The normalized spacial score (nSPS) is 9.33. The summed E-state index contributed by atoms with van der Waals surface area (Å²) in [7, 11) is 0. The van der Waals surface area contributed by atoms with E-state index >= 15 is 0 Å². The number of aldehydes is 1. The summed E-state index contributed by atoms with van der Waals surface area (Å²) in [6.07, 6.45) is 3.70. The topological polar surface area (TPSA) is 60.7 Å². The summed E-state index contributed by atoms with van der Waals surface area (Å²) in [4.78, 5) is 9.80. The highest BCUT2D eigenvalue weighted by molar-refractivity contribution is 5.48. The summed E-state index contributed by atoms with van der Waals surface area (Å²) in [6.45, 7) is 0.510. The minimum absolute atomic E-state index is 0.432. The minimum atomic E-state index is 0.432. The second-order valence-corrected chi connectivity index (χ2v) is 1.46. The third kappa shape index (κ3) is 1.60. The number of carbonyl (C=O) groups is 1. The van der Waals surface area contributed by atoms with Gasteiger partial charge < -0.3 is 4.79 Å². The molecule has 0 aliphatic carbocycles. The van der Waals surface area contributed by atoms with Crippen LogP contribution in [0, 0.1) is 6.33 Å². The monoisotopic (exact) mass is 125 g/mol. The van der Waals surface area contributed by atoms with Gasteiger partial charge in [0.2, 0.25) is 6.33 Å². The fraction of sp³-hybridized carbons (Fsp3) is 0.500. The lowest BCUT2D eigenvalue weighted by Crippen LogP contribution is -1.99. The lowest BCUT2D eigenvalue weighted by Gasteiger charge is -1.87. The predicted molar refractivity (Wildman–Crippen MR) is 27.3 cm³/mol. The molecule has 1 heterocycles. The van der Waals surface area contributed by atoms with E-state index in [1.165, 1.54) is 4.68 Å². The van der Waals surface area contributed by atoms with Gasteiger partial charge in [0, 0.05) is 6.42 Å². The summed E-state index contributed by atoms with van der Waals surface area (Å²) in [5, 5.41) is 10.1. The molecule has 0 unspecified atom stereocenters. The highest BCUT2D eigenvalue weighted by Crippen LogP contribution is 1.78. The molecule has 5 heteroatoms. The standard InChI is InChI=1S/C4H5N4O/c9-3-1-2-8-4-5-6-7-8/h3H,1-2H2. The molecule has 0 N–H and O–H groups in total. The third-order valence-corrected chi connectivity index (χ3v) is 0.812. The van der Waals surface area contributed by atoms with E-state index in [2.05, 4.69) is 21.9 Å². The Morgan fingerprint density at radius 1 is 1.67 bits per heavy atom. The highest BCUT2D eigenvalue weighted by Gasteiger charge is 1.89. The molecular weight excluding hydrogens is 120 g/mol. The SMILES string of the molecule is O=CCCn1[c]nnn1. The van der Waals surface area contributed by atoms with Crippen LogP contribution in [0.15, 0.2) is 0 Å². The molecule has 47 valence electrons. The van der Waals surface area contributed by atoms with Crippen molar-refractivity contribution in [2.45, 2.75) is 13.0 Å². The number of hydrogen-bond donors (Lipinski definition) is 0. The Morgan fingerprint density at radius 3 is 3.11 bits per heavy atom. The van der Waals surface area contributed by atoms with E-state index in [1.807, 2.05) is 0 Å². The number of rotatable bonds is 3. The van der Waals surface area contributed by atoms with E-state index in [-0.39, 0.29) is 0 Å². The molecule has 1 aromatic rings. The van der Waals surface area contributed by atoms with E-state index in [1.54, 1.807) is 0 Å². The summed E-state index contributed by atoms with van der Waals surface area (Å²) in [6, 6.07) is 0. The van der Waals surface area contributed by atoms with Crippen LogP contribution in [0.4, 0.5) is 0 Å². The molecule has 0 aliphatic heterocycles. The first-order valence-electron chi connectivity index (χ1n) is 2.51. The Kier molecular flexibility index (Phi) is 1.90. The zero-order valence-electron chi connectivity index (χ0n) is 4.69. The largest absolute Gasteiger partial charge is 0.303 e. The number of tetrazole rings is 1. The summed E-state index contributed by atoms with van der Waals surface area (Å²) in [5.74, 6) is 0. The quantitative estimate of drug-likeness (QED) is 0.489. The van der Waals surface area contributed by atoms with Crippen LogP contribution in [0.1, 0.15) is 6.42 Å². The van der Waals surface area contributed by atoms with E-state index in [4.69, 9.17) is 0 Å². The van der Waals surface area contributed by atoms with Gasteiger partial charge in [-0.3, -0.25) is 0 Å². The van der Waals surface area contributed by atoms with Crippen LogP contribution in [0.3, 0.4) is 0 Å². The van der Waals surface area contributed by atoms with Crippen molar-refractivity contribution in [3.05, 3.63) is 6.33 Å². The summed E-state index contributed by atoms with van der Waals surface area (Å²) < 4.78 is 1.38. The molecule has 0 saturated heterocycles. The molecule has 1 aromatic heterocycles. The molecule has 0 spiro atoms. The predicted octanol–water partition coefficient (Wildman–Crippen LogP) is -0.938. The second-order valence-electron chi connectivity index (χ2n) is 1.46. The van der Waals surface area contributed by atoms with Crippen LogP contribution in [0.2, 0.25) is 0 Å². The van der Waals surface area contributed by atoms with Crippen LogP contribution in [-0.2, 0) is 11.3 Å². The fourth-order valence-electron chi connectivity index (χ4n) is 0.430. The fourth-order valence-corrected chi connectivity index (χ4v) is 0.430. The number of carbonyl (C=O) groups excluding carboxylic acids is 1. The zero-order valence-corrected chi connectivity index (χ0v) is 4.69. The Labute approximate surface area is 51.7 Å². The minimum Gasteiger partial charge on any atom is -0.303 e. The van der Waals surface area contributed by atoms with Crippen molar-refractivity contribution in [2.75, 3.05) is 0 Å². The van der Waals surface area contributed by atoms with Gasteiger partial charge in [-0.25, -0.2) is 4.68 Å². The van der Waals surface area contributed by atoms with Crippen LogP contribution in [0.5, 0.6) is 0 Å². The van der Waals surface area contributed by atoms with Crippen molar-refractivity contribution in [3.63, 3.8) is 0 Å². The molecular formula is C4H5N4O. The third-order valence-electron chi connectivity index (χ3n) is 0.812. The highest BCUT2D eigenvalue weighted by atomic mass is 16.1. The Bertz CT molecular complexity index is 171. The lowest BCUT2D eigenvalue weighted by molar-refractivity contribution is -0.108. The molecule has 0 aliphatic rings. The second kappa shape index (κ2) is 2.91. The van der Waals surface area contributed by atoms with E-state index in [0.717, 1.165) is 6.29 Å². The Balaban J connectivity index is 2.38. The molecule has 1 rings (SSSR count). The van der Waals surface area contributed by atoms with Crippen molar-refractivity contribution >= 4 is 6.29 Å². The van der Waals surface area contributed by atoms with Crippen molar-refractivity contribution in [1.82, 2.24) is 20.2 Å². The zero-order chi connectivity index (χ0) is 6.53. The number of aryl methyl sites for hydroxylation is 1. The average molecular weight is 125 g/mol. The Hall–Kier alpha value is -1.26. The maximum atomic E-state index is 9.80. The molecule has 5 nitrogen and oxygen atoms in total. The first-order valence-corrected chi connectivity index (χ1v) is 2.51. The maximum Gasteiger partial charge on any atom is 0.221 e. The molecule has 0 bridgehead atoms. The Morgan fingerprint density at radius 2 is 2.56 bits per heavy atom. The van der Waals surface area contributed by atoms with Gasteiger partial charge >= 0.3 is 0 Å². The summed E-state index contributed by atoms with van der Waals surface area (Å²) >= 11 is 0. The van der Waals surface area contributed by atoms with Gasteiger partial charge in [0.15, 0.2) is 0 Å². The smallest absolute Gasteiger partial charge is 0.221 e. The van der Waals surface area contributed by atoms with Crippen LogP contribution >= 0.6 is 0 Å². The van der Waals surface area contributed by atoms with E-state index in [0.29, 0.717) is 13.0 Å². The average Bonchev–Trinajstić information content (AvgIpc) is 2.34. The van der Waals surface area contributed by atoms with Crippen molar-refractivity contribution in [2.24, 2.45) is 0 Å². The molecule has 0 atom stereocenters. The van der Waals surface area contributed by atoms with Gasteiger partial charge in [0.25, 0.3) is 0 Å². The van der Waals surface area contributed by atoms with Crippen molar-refractivity contribution in [3.8, 4) is 0 Å². The number of hydrogen-bond acceptors (Lipinski definition) is 4. The first kappa shape index (κ1) is 5.87. The molecule has 0 saturated carbocycles. The van der Waals surface area contributed by atoms with Gasteiger partial charge in [0.1, 0.15) is 6.29 Å². The molecule has 0 amide bonds. The van der Waals surface area contributed by atoms with E-state index in [9.17, 15) is 4.79 Å². The van der Waals surface area contributed by atoms with Gasteiger partial charge in [-0.15, -0.1) is 5.10 Å². The van der Waals surface area contributed by atoms with Crippen LogP contribution in [0.25, 0.3) is 0 Å². The molecule has 1 radical (unpaired) electrons. The molecule has 0 aromatic carbocycles. The van der Waals surface area contributed by atoms with E-state index < -0.39 is 0 Å². The van der Waals surface area contributed by atoms with Crippen LogP contribution in [-0.4, -0.2) is 26.5 Å². The van der Waals surface area contributed by atoms with Crippen LogP contribution < -0.4 is 0 Å². The van der Waals surface area contributed by atoms with Crippen molar-refractivity contribution < 1.29 is 4.79 Å². The van der Waals surface area contributed by atoms with Gasteiger partial charge in [-0.1, -0.05) is 0 Å². The van der Waals surface area contributed by atoms with Gasteiger partial charge in [-0.2, -0.15) is 0 Å². The molecule has 9 heavy (non-hydrogen) atoms. The van der Waals surface area contributed by atoms with Gasteiger partial charge in [-0.05, 0) is 10.4 Å². The lowest BCUT2D eigenvalue weighted by atomic mass is 10.5. The molecule has 0 fully saturated rings. The number of aromatic nitrogens is 4.